The van der Waals surface area contributed by atoms with E-state index in [1.807, 2.05) is 0 Å². The van der Waals surface area contributed by atoms with E-state index < -0.39 is 0 Å². The quantitative estimate of drug-likeness (QED) is 0.398. The lowest BCUT2D eigenvalue weighted by molar-refractivity contribution is 0.0344. The van der Waals surface area contributed by atoms with Crippen LogP contribution >= 0.6 is 11.6 Å². The maximum absolute atomic E-state index is 6.20. The summed E-state index contributed by atoms with van der Waals surface area (Å²) in [6.45, 7) is 3.02. The van der Waals surface area contributed by atoms with Crippen molar-refractivity contribution in [1.29, 1.82) is 0 Å². The number of ether oxygens (including phenoxy) is 2. The van der Waals surface area contributed by atoms with E-state index in [2.05, 4.69) is 6.92 Å². The molecule has 0 aromatic heterocycles. The van der Waals surface area contributed by atoms with Crippen LogP contribution in [0.25, 0.3) is 0 Å². The first-order valence-electron chi connectivity index (χ1n) is 5.24. The average molecular weight is 205 g/mol. The Morgan fingerprint density at radius 3 is 3.08 bits per heavy atom. The molecule has 1 saturated heterocycles. The van der Waals surface area contributed by atoms with Crippen molar-refractivity contribution in [3.8, 4) is 0 Å². The van der Waals surface area contributed by atoms with Gasteiger partial charge in [0.15, 0.2) is 0 Å². The van der Waals surface area contributed by atoms with Crippen molar-refractivity contribution in [3.63, 3.8) is 0 Å². The van der Waals surface area contributed by atoms with Gasteiger partial charge in [0.25, 0.3) is 0 Å². The maximum Gasteiger partial charge on any atom is 0.103 e. The summed E-state index contributed by atoms with van der Waals surface area (Å²) in [5, 5.41) is 0.0932. The highest BCUT2D eigenvalue weighted by Gasteiger charge is 2.51. The van der Waals surface area contributed by atoms with Gasteiger partial charge in [-0.1, -0.05) is 13.3 Å². The molecule has 13 heavy (non-hydrogen) atoms. The van der Waals surface area contributed by atoms with Gasteiger partial charge in [0, 0.05) is 6.61 Å². The topological polar surface area (TPSA) is 21.8 Å². The van der Waals surface area contributed by atoms with Crippen LogP contribution in [-0.2, 0) is 9.47 Å². The summed E-state index contributed by atoms with van der Waals surface area (Å²) in [6, 6.07) is 0. The van der Waals surface area contributed by atoms with Crippen LogP contribution in [0.3, 0.4) is 0 Å². The number of alkyl halides is 1. The fourth-order valence-corrected chi connectivity index (χ4v) is 2.34. The summed E-state index contributed by atoms with van der Waals surface area (Å²) in [4.78, 5) is 0. The second-order valence-electron chi connectivity index (χ2n) is 3.92. The van der Waals surface area contributed by atoms with E-state index in [4.69, 9.17) is 21.1 Å². The van der Waals surface area contributed by atoms with Gasteiger partial charge in [-0.15, -0.1) is 11.6 Å². The summed E-state index contributed by atoms with van der Waals surface area (Å²) >= 11 is 6.20. The monoisotopic (exact) mass is 204 g/mol. The molecule has 0 amide bonds. The third kappa shape index (κ3) is 2.17. The Morgan fingerprint density at radius 2 is 2.31 bits per heavy atom. The van der Waals surface area contributed by atoms with Gasteiger partial charge in [0.05, 0.1) is 17.6 Å². The standard InChI is InChI=1S/C10H17ClO2/c1-2-3-6-12-7-4-5-8-10(13-8)9(7)11/h7-10H,2-6H2,1H3. The van der Waals surface area contributed by atoms with Crippen LogP contribution in [-0.4, -0.2) is 30.3 Å². The fourth-order valence-electron chi connectivity index (χ4n) is 1.92. The van der Waals surface area contributed by atoms with Gasteiger partial charge in [0.2, 0.25) is 0 Å². The van der Waals surface area contributed by atoms with Gasteiger partial charge in [-0.2, -0.15) is 0 Å². The van der Waals surface area contributed by atoms with Gasteiger partial charge in [-0.3, -0.25) is 0 Å². The van der Waals surface area contributed by atoms with Crippen molar-refractivity contribution in [2.75, 3.05) is 6.61 Å². The lowest BCUT2D eigenvalue weighted by atomic mass is 9.97. The Kier molecular flexibility index (Phi) is 3.12. The highest BCUT2D eigenvalue weighted by molar-refractivity contribution is 6.21. The molecule has 0 radical (unpaired) electrons. The van der Waals surface area contributed by atoms with E-state index in [0.717, 1.165) is 25.9 Å². The normalized spacial score (nSPS) is 42.9. The van der Waals surface area contributed by atoms with Crippen LogP contribution in [0, 0.1) is 0 Å². The molecular formula is C10H17ClO2. The molecule has 4 atom stereocenters. The molecule has 0 spiro atoms. The van der Waals surface area contributed by atoms with Crippen molar-refractivity contribution >= 4 is 11.6 Å². The zero-order valence-electron chi connectivity index (χ0n) is 8.04. The Labute approximate surface area is 84.5 Å². The molecule has 2 nitrogen and oxygen atoms in total. The first-order chi connectivity index (χ1) is 6.33. The average Bonchev–Trinajstić information content (AvgIpc) is 2.89. The summed E-state index contributed by atoms with van der Waals surface area (Å²) in [7, 11) is 0. The van der Waals surface area contributed by atoms with E-state index >= 15 is 0 Å². The molecular weight excluding hydrogens is 188 g/mol. The number of epoxide rings is 1. The second kappa shape index (κ2) is 4.16. The molecule has 2 aliphatic rings. The maximum atomic E-state index is 6.20. The number of fused-ring (bicyclic) bond motifs is 1. The molecule has 1 saturated carbocycles. The first kappa shape index (κ1) is 9.75. The number of halogens is 1. The van der Waals surface area contributed by atoms with Gasteiger partial charge in [-0.05, 0) is 19.3 Å². The van der Waals surface area contributed by atoms with Crippen LogP contribution in [0.4, 0.5) is 0 Å². The predicted molar refractivity (Wildman–Crippen MR) is 52.2 cm³/mol. The highest BCUT2D eigenvalue weighted by Crippen LogP contribution is 2.40. The van der Waals surface area contributed by atoms with Crippen molar-refractivity contribution < 1.29 is 9.47 Å². The third-order valence-corrected chi connectivity index (χ3v) is 3.39. The van der Waals surface area contributed by atoms with Crippen LogP contribution in [0.5, 0.6) is 0 Å². The zero-order valence-corrected chi connectivity index (χ0v) is 8.80. The smallest absolute Gasteiger partial charge is 0.103 e. The zero-order chi connectivity index (χ0) is 9.26. The van der Waals surface area contributed by atoms with E-state index in [9.17, 15) is 0 Å². The molecule has 0 N–H and O–H groups in total. The van der Waals surface area contributed by atoms with Gasteiger partial charge >= 0.3 is 0 Å². The predicted octanol–water partition coefficient (Wildman–Crippen LogP) is 2.34. The van der Waals surface area contributed by atoms with Crippen LogP contribution in [0.15, 0.2) is 0 Å². The summed E-state index contributed by atoms with van der Waals surface area (Å²) < 4.78 is 11.1. The Morgan fingerprint density at radius 1 is 1.46 bits per heavy atom. The van der Waals surface area contributed by atoms with Crippen LogP contribution in [0.2, 0.25) is 0 Å². The molecule has 2 rings (SSSR count). The number of hydrogen-bond donors (Lipinski definition) is 0. The highest BCUT2D eigenvalue weighted by atomic mass is 35.5. The number of unbranched alkanes of at least 4 members (excludes halogenated alkanes) is 1. The van der Waals surface area contributed by atoms with Crippen molar-refractivity contribution in [1.82, 2.24) is 0 Å². The minimum absolute atomic E-state index is 0.0932. The molecule has 4 unspecified atom stereocenters. The van der Waals surface area contributed by atoms with Crippen molar-refractivity contribution in [2.24, 2.45) is 0 Å². The van der Waals surface area contributed by atoms with Gasteiger partial charge in [-0.25, -0.2) is 0 Å². The lowest BCUT2D eigenvalue weighted by Crippen LogP contribution is -2.34. The minimum atomic E-state index is 0.0932. The molecule has 2 fully saturated rings. The van der Waals surface area contributed by atoms with E-state index in [-0.39, 0.29) is 11.5 Å². The van der Waals surface area contributed by atoms with Crippen molar-refractivity contribution in [3.05, 3.63) is 0 Å². The minimum Gasteiger partial charge on any atom is -0.377 e. The number of rotatable bonds is 4. The molecule has 76 valence electrons. The molecule has 0 bridgehead atoms. The van der Waals surface area contributed by atoms with Crippen LogP contribution < -0.4 is 0 Å². The van der Waals surface area contributed by atoms with Crippen LogP contribution in [0.1, 0.15) is 32.6 Å². The largest absolute Gasteiger partial charge is 0.377 e. The molecule has 1 aliphatic carbocycles. The Bertz CT molecular complexity index is 174. The molecule has 1 aliphatic heterocycles. The lowest BCUT2D eigenvalue weighted by Gasteiger charge is -2.24. The molecule has 3 heteroatoms. The van der Waals surface area contributed by atoms with Gasteiger partial charge < -0.3 is 9.47 Å². The fraction of sp³-hybridized carbons (Fsp3) is 1.00. The SMILES string of the molecule is CCCCOC1CCC2OC2C1Cl. The first-order valence-corrected chi connectivity index (χ1v) is 5.67. The molecule has 0 aromatic rings. The van der Waals surface area contributed by atoms with Crippen molar-refractivity contribution in [2.45, 2.75) is 56.3 Å². The van der Waals surface area contributed by atoms with E-state index in [1.54, 1.807) is 0 Å². The molecule has 1 heterocycles. The Hall–Kier alpha value is 0.210. The van der Waals surface area contributed by atoms with E-state index in [1.165, 1.54) is 6.42 Å². The number of hydrogen-bond acceptors (Lipinski definition) is 2. The summed E-state index contributed by atoms with van der Waals surface area (Å²) in [6.07, 6.45) is 5.49. The third-order valence-electron chi connectivity index (χ3n) is 2.86. The second-order valence-corrected chi connectivity index (χ2v) is 4.43. The Balaban J connectivity index is 1.72. The molecule has 0 aromatic carbocycles. The van der Waals surface area contributed by atoms with Gasteiger partial charge in [0.1, 0.15) is 6.10 Å². The van der Waals surface area contributed by atoms with E-state index in [0.29, 0.717) is 12.2 Å². The summed E-state index contributed by atoms with van der Waals surface area (Å²) in [5.74, 6) is 0. The summed E-state index contributed by atoms with van der Waals surface area (Å²) in [5.41, 5.74) is 0.